The molecule has 0 saturated carbocycles. The van der Waals surface area contributed by atoms with Crippen LogP contribution in [0.5, 0.6) is 0 Å². The van der Waals surface area contributed by atoms with Crippen molar-refractivity contribution < 1.29 is 0 Å². The van der Waals surface area contributed by atoms with Gasteiger partial charge in [0, 0.05) is 48.3 Å². The van der Waals surface area contributed by atoms with Crippen LogP contribution in [0.4, 0.5) is 17.5 Å². The van der Waals surface area contributed by atoms with Gasteiger partial charge in [-0.1, -0.05) is 57.3 Å². The molecule has 0 radical (unpaired) electrons. The molecule has 39 heavy (non-hydrogen) atoms. The number of anilines is 3. The third-order valence-electron chi connectivity index (χ3n) is 6.51. The normalized spacial score (nSPS) is 13.8. The Morgan fingerprint density at radius 1 is 0.872 bits per heavy atom. The van der Waals surface area contributed by atoms with Crippen molar-refractivity contribution in [3.63, 3.8) is 0 Å². The van der Waals surface area contributed by atoms with E-state index in [-0.39, 0.29) is 0 Å². The summed E-state index contributed by atoms with van der Waals surface area (Å²) in [7, 11) is 2.14. The highest BCUT2D eigenvalue weighted by molar-refractivity contribution is 6.35. The maximum atomic E-state index is 6.32. The van der Waals surface area contributed by atoms with Crippen LogP contribution >= 0.6 is 23.2 Å². The molecule has 0 atom stereocenters. The summed E-state index contributed by atoms with van der Waals surface area (Å²) in [5, 5.41) is 4.60. The number of piperazine rings is 1. The Hall–Kier alpha value is -2.45. The smallest absolute Gasteiger partial charge is 0.225 e. The summed E-state index contributed by atoms with van der Waals surface area (Å²) < 4.78 is 0. The van der Waals surface area contributed by atoms with Crippen LogP contribution in [0.3, 0.4) is 0 Å². The molecule has 0 aliphatic carbocycles. The standard InChI is InChI=1S/C28H37Cl2N7.C2H6/c1-4-6-8-36(7-5-2)20-21-13-26(22-15-23(29)17-24(30)16-22)34-27(14-21)33-25-18-31-28(32-19-25)37-11-9-35(3)10-12-37;1-2/h13-19H,4-12,20H2,1-3H3,(H,33,34);1-2H3. The second-order valence-electron chi connectivity index (χ2n) is 9.72. The van der Waals surface area contributed by atoms with Gasteiger partial charge in [-0.15, -0.1) is 0 Å². The van der Waals surface area contributed by atoms with E-state index >= 15 is 0 Å². The second-order valence-corrected chi connectivity index (χ2v) is 10.6. The average molecular weight is 573 g/mol. The highest BCUT2D eigenvalue weighted by Crippen LogP contribution is 2.29. The number of likely N-dealkylation sites (N-methyl/N-ethyl adjacent to an activating group) is 1. The predicted molar refractivity (Wildman–Crippen MR) is 167 cm³/mol. The number of pyridine rings is 1. The molecule has 1 fully saturated rings. The van der Waals surface area contributed by atoms with Crippen molar-refractivity contribution in [2.24, 2.45) is 0 Å². The van der Waals surface area contributed by atoms with Gasteiger partial charge < -0.3 is 15.1 Å². The number of unbranched alkanes of at least 4 members (excludes halogenated alkanes) is 1. The Morgan fingerprint density at radius 3 is 2.15 bits per heavy atom. The van der Waals surface area contributed by atoms with E-state index in [2.05, 4.69) is 63.0 Å². The first kappa shape index (κ1) is 31.1. The Bertz CT molecular complexity index is 1130. The lowest BCUT2D eigenvalue weighted by molar-refractivity contribution is 0.262. The average Bonchev–Trinajstić information content (AvgIpc) is 2.93. The lowest BCUT2D eigenvalue weighted by atomic mass is 10.1. The number of aromatic nitrogens is 3. The summed E-state index contributed by atoms with van der Waals surface area (Å²) in [4.78, 5) is 21.2. The molecule has 2 aromatic heterocycles. The van der Waals surface area contributed by atoms with E-state index < -0.39 is 0 Å². The van der Waals surface area contributed by atoms with Gasteiger partial charge in [0.1, 0.15) is 5.82 Å². The number of nitrogens with zero attached hydrogens (tertiary/aromatic N) is 6. The zero-order chi connectivity index (χ0) is 28.2. The molecule has 9 heteroatoms. The number of rotatable bonds is 11. The molecule has 4 rings (SSSR count). The van der Waals surface area contributed by atoms with E-state index in [4.69, 9.17) is 28.2 Å². The fourth-order valence-corrected chi connectivity index (χ4v) is 5.05. The highest BCUT2D eigenvalue weighted by Gasteiger charge is 2.16. The Morgan fingerprint density at radius 2 is 1.54 bits per heavy atom. The number of halogens is 2. The number of benzene rings is 1. The van der Waals surface area contributed by atoms with E-state index in [9.17, 15) is 0 Å². The SMILES string of the molecule is CC.CCCCN(CCC)Cc1cc(Nc2cnc(N3CCN(C)CC3)nc2)nc(-c2cc(Cl)cc(Cl)c2)c1. The van der Waals surface area contributed by atoms with Crippen molar-refractivity contribution in [1.82, 2.24) is 24.8 Å². The van der Waals surface area contributed by atoms with Gasteiger partial charge in [-0.25, -0.2) is 15.0 Å². The van der Waals surface area contributed by atoms with Gasteiger partial charge in [0.05, 0.1) is 23.8 Å². The van der Waals surface area contributed by atoms with E-state index in [1.807, 2.05) is 38.4 Å². The molecule has 3 aromatic rings. The van der Waals surface area contributed by atoms with Gasteiger partial charge in [0.2, 0.25) is 5.95 Å². The first-order valence-corrected chi connectivity index (χ1v) is 14.9. The van der Waals surface area contributed by atoms with Gasteiger partial charge in [-0.2, -0.15) is 0 Å². The minimum Gasteiger partial charge on any atom is -0.338 e. The quantitative estimate of drug-likeness (QED) is 0.257. The van der Waals surface area contributed by atoms with Crippen LogP contribution in [0, 0.1) is 0 Å². The van der Waals surface area contributed by atoms with Gasteiger partial charge in [0.15, 0.2) is 0 Å². The molecule has 1 N–H and O–H groups in total. The maximum Gasteiger partial charge on any atom is 0.225 e. The monoisotopic (exact) mass is 571 g/mol. The number of hydrogen-bond donors (Lipinski definition) is 1. The van der Waals surface area contributed by atoms with Gasteiger partial charge in [-0.05, 0) is 68.9 Å². The first-order chi connectivity index (χ1) is 18.9. The maximum absolute atomic E-state index is 6.32. The molecule has 7 nitrogen and oxygen atoms in total. The summed E-state index contributed by atoms with van der Waals surface area (Å²) in [5.41, 5.74) is 3.70. The molecule has 1 aliphatic rings. The van der Waals surface area contributed by atoms with E-state index in [1.165, 1.54) is 18.4 Å². The molecule has 0 amide bonds. The number of hydrogen-bond acceptors (Lipinski definition) is 7. The van der Waals surface area contributed by atoms with Crippen LogP contribution < -0.4 is 10.2 Å². The molecule has 1 aliphatic heterocycles. The van der Waals surface area contributed by atoms with E-state index in [0.717, 1.165) is 80.9 Å². The van der Waals surface area contributed by atoms with Crippen LogP contribution in [-0.2, 0) is 6.54 Å². The van der Waals surface area contributed by atoms with Crippen LogP contribution in [0.25, 0.3) is 11.3 Å². The van der Waals surface area contributed by atoms with Crippen molar-refractivity contribution in [2.75, 3.05) is 56.5 Å². The predicted octanol–water partition coefficient (Wildman–Crippen LogP) is 7.38. The van der Waals surface area contributed by atoms with Crippen LogP contribution in [0.2, 0.25) is 10.0 Å². The van der Waals surface area contributed by atoms with Crippen molar-refractivity contribution in [2.45, 2.75) is 53.5 Å². The van der Waals surface area contributed by atoms with Gasteiger partial charge in [-0.3, -0.25) is 4.90 Å². The minimum atomic E-state index is 0.590. The third kappa shape index (κ3) is 9.60. The third-order valence-corrected chi connectivity index (χ3v) is 6.95. The van der Waals surface area contributed by atoms with Crippen LogP contribution in [0.15, 0.2) is 42.7 Å². The molecule has 212 valence electrons. The Balaban J connectivity index is 0.00000205. The molecule has 0 unspecified atom stereocenters. The van der Waals surface area contributed by atoms with Crippen LogP contribution in [0.1, 0.15) is 52.5 Å². The molecule has 1 saturated heterocycles. The lowest BCUT2D eigenvalue weighted by Crippen LogP contribution is -2.45. The molecular weight excluding hydrogens is 529 g/mol. The second kappa shape index (κ2) is 16.0. The summed E-state index contributed by atoms with van der Waals surface area (Å²) in [5.74, 6) is 1.51. The highest BCUT2D eigenvalue weighted by atomic mass is 35.5. The van der Waals surface area contributed by atoms with Gasteiger partial charge in [0.25, 0.3) is 0 Å². The number of nitrogens with one attached hydrogen (secondary N) is 1. The Labute approximate surface area is 244 Å². The molecule has 0 bridgehead atoms. The summed E-state index contributed by atoms with van der Waals surface area (Å²) in [6, 6.07) is 9.78. The van der Waals surface area contributed by atoms with Crippen molar-refractivity contribution in [3.05, 3.63) is 58.3 Å². The summed E-state index contributed by atoms with van der Waals surface area (Å²) in [6.07, 6.45) is 7.14. The molecular formula is C30H43Cl2N7. The zero-order valence-corrected chi connectivity index (χ0v) is 25.6. The van der Waals surface area contributed by atoms with Crippen molar-refractivity contribution >= 4 is 40.7 Å². The minimum absolute atomic E-state index is 0.590. The molecule has 1 aromatic carbocycles. The lowest BCUT2D eigenvalue weighted by Gasteiger charge is -2.32. The summed E-state index contributed by atoms with van der Waals surface area (Å²) >= 11 is 12.6. The fourth-order valence-electron chi connectivity index (χ4n) is 4.52. The van der Waals surface area contributed by atoms with Gasteiger partial charge >= 0.3 is 0 Å². The molecule has 0 spiro atoms. The molecule has 3 heterocycles. The van der Waals surface area contributed by atoms with E-state index in [1.54, 1.807) is 6.07 Å². The first-order valence-electron chi connectivity index (χ1n) is 14.2. The van der Waals surface area contributed by atoms with Crippen molar-refractivity contribution in [3.8, 4) is 11.3 Å². The zero-order valence-electron chi connectivity index (χ0n) is 24.1. The Kier molecular flexibility index (Phi) is 12.7. The largest absolute Gasteiger partial charge is 0.338 e. The topological polar surface area (TPSA) is 60.4 Å². The van der Waals surface area contributed by atoms with Crippen molar-refractivity contribution in [1.29, 1.82) is 0 Å². The summed E-state index contributed by atoms with van der Waals surface area (Å²) in [6.45, 7) is 15.4. The van der Waals surface area contributed by atoms with E-state index in [0.29, 0.717) is 10.0 Å². The van der Waals surface area contributed by atoms with Crippen LogP contribution in [-0.4, -0.2) is 71.1 Å². The fraction of sp³-hybridized carbons (Fsp3) is 0.500.